The molecule has 0 unspecified atom stereocenters. The van der Waals surface area contributed by atoms with E-state index < -0.39 is 71.5 Å². The highest BCUT2D eigenvalue weighted by atomic mass is 16.5. The van der Waals surface area contributed by atoms with Gasteiger partial charge in [-0.05, 0) is 61.9 Å². The number of allylic oxidation sites excluding steroid dienone is 1. The summed E-state index contributed by atoms with van der Waals surface area (Å²) in [5.74, 6) is -4.67. The lowest BCUT2D eigenvalue weighted by molar-refractivity contribution is -0.173. The van der Waals surface area contributed by atoms with Crippen molar-refractivity contribution < 1.29 is 48.5 Å². The highest BCUT2D eigenvalue weighted by molar-refractivity contribution is 5.95. The molecule has 12 nitrogen and oxygen atoms in total. The summed E-state index contributed by atoms with van der Waals surface area (Å²) in [6.07, 6.45) is 3.59. The molecule has 4 aliphatic carbocycles. The maximum atomic E-state index is 13.7. The zero-order valence-electron chi connectivity index (χ0n) is 24.1. The number of fused-ring (bicyclic) bond motifs is 5. The van der Waals surface area contributed by atoms with Gasteiger partial charge < -0.3 is 26.0 Å². The predicted octanol–water partition coefficient (Wildman–Crippen LogP) is 1.16. The summed E-state index contributed by atoms with van der Waals surface area (Å²) in [6.45, 7) is 3.13. The molecule has 0 heterocycles. The summed E-state index contributed by atoms with van der Waals surface area (Å²) in [7, 11) is 0. The van der Waals surface area contributed by atoms with Gasteiger partial charge in [-0.2, -0.15) is 0 Å². The molecule has 3 saturated carbocycles. The van der Waals surface area contributed by atoms with E-state index in [-0.39, 0.29) is 55.0 Å². The molecule has 0 saturated heterocycles. The van der Waals surface area contributed by atoms with E-state index >= 15 is 0 Å². The smallest absolute Gasteiger partial charge is 0.326 e. The molecular formula is C30H40N2O10. The van der Waals surface area contributed by atoms with Crippen LogP contribution >= 0.6 is 0 Å². The van der Waals surface area contributed by atoms with Crippen LogP contribution in [0.1, 0.15) is 84.5 Å². The molecule has 0 bridgehead atoms. The van der Waals surface area contributed by atoms with Gasteiger partial charge in [-0.15, -0.1) is 0 Å². The maximum absolute atomic E-state index is 13.7. The van der Waals surface area contributed by atoms with Crippen molar-refractivity contribution in [3.63, 3.8) is 0 Å². The van der Waals surface area contributed by atoms with Gasteiger partial charge in [-0.1, -0.05) is 19.4 Å². The second kappa shape index (κ2) is 11.7. The molecule has 0 radical (unpaired) electrons. The number of nitrogens with one attached hydrogen (secondary N) is 1. The molecule has 12 heteroatoms. The van der Waals surface area contributed by atoms with Crippen LogP contribution in [0.3, 0.4) is 0 Å². The summed E-state index contributed by atoms with van der Waals surface area (Å²) >= 11 is 0. The van der Waals surface area contributed by atoms with Crippen molar-refractivity contribution in [2.75, 3.05) is 6.61 Å². The normalized spacial score (nSPS) is 34.3. The molecule has 42 heavy (non-hydrogen) atoms. The zero-order chi connectivity index (χ0) is 31.0. The third kappa shape index (κ3) is 5.65. The van der Waals surface area contributed by atoms with E-state index in [1.807, 2.05) is 0 Å². The number of Topliss-reactive ketones (excluding diaryl/α,β-unsaturated/α-hetero) is 2. The highest BCUT2D eigenvalue weighted by Crippen LogP contribution is 2.66. The lowest BCUT2D eigenvalue weighted by atomic mass is 9.46. The summed E-state index contributed by atoms with van der Waals surface area (Å²) in [5, 5.41) is 23.1. The van der Waals surface area contributed by atoms with Crippen molar-refractivity contribution in [3.05, 3.63) is 11.6 Å². The lowest BCUT2D eigenvalue weighted by Gasteiger charge is -2.57. The first kappa shape index (κ1) is 31.5. The third-order valence-electron chi connectivity index (χ3n) is 10.5. The second-order valence-electron chi connectivity index (χ2n) is 12.8. The Morgan fingerprint density at radius 1 is 1.07 bits per heavy atom. The minimum atomic E-state index is -1.86. The number of carboxylic acids is 1. The number of ether oxygens (including phenoxy) is 1. The monoisotopic (exact) mass is 588 g/mol. The number of nitrogens with two attached hydrogens (primary N) is 1. The molecule has 0 aliphatic heterocycles. The largest absolute Gasteiger partial charge is 0.480 e. The van der Waals surface area contributed by atoms with Gasteiger partial charge in [0.1, 0.15) is 17.4 Å². The van der Waals surface area contributed by atoms with Crippen LogP contribution in [0.5, 0.6) is 0 Å². The molecular weight excluding hydrogens is 548 g/mol. The van der Waals surface area contributed by atoms with Crippen LogP contribution in [-0.2, 0) is 38.3 Å². The number of primary amides is 1. The molecule has 4 rings (SSSR count). The number of hydrogen-bond donors (Lipinski definition) is 4. The summed E-state index contributed by atoms with van der Waals surface area (Å²) in [5.41, 5.74) is 2.78. The minimum Gasteiger partial charge on any atom is -0.480 e. The second-order valence-corrected chi connectivity index (χ2v) is 12.8. The first-order valence-electron chi connectivity index (χ1n) is 14.6. The fourth-order valence-electron chi connectivity index (χ4n) is 8.21. The topological polar surface area (TPSA) is 207 Å². The van der Waals surface area contributed by atoms with Gasteiger partial charge in [0.2, 0.25) is 17.6 Å². The molecule has 4 aliphatic rings. The molecule has 0 aromatic heterocycles. The van der Waals surface area contributed by atoms with Crippen LogP contribution < -0.4 is 11.1 Å². The fourth-order valence-corrected chi connectivity index (χ4v) is 8.21. The van der Waals surface area contributed by atoms with E-state index in [9.17, 15) is 43.8 Å². The number of hydrogen-bond acceptors (Lipinski definition) is 9. The van der Waals surface area contributed by atoms with E-state index in [0.29, 0.717) is 32.1 Å². The van der Waals surface area contributed by atoms with Gasteiger partial charge in [-0.25, -0.2) is 4.79 Å². The SMILES string of the molecule is C[C@]12CCC(=O)C=C1CC[C@H]1[C@H]2C(=O)C[C@@]2(C)[C@H]1CC[C@]2(O)C(=O)COC(=O)CCC(=O)N[C@H](CCC(N)=O)C(=O)O. The first-order valence-corrected chi connectivity index (χ1v) is 14.6. The summed E-state index contributed by atoms with van der Waals surface area (Å²) in [4.78, 5) is 85.7. The van der Waals surface area contributed by atoms with Crippen molar-refractivity contribution in [2.45, 2.75) is 96.1 Å². The molecule has 230 valence electrons. The van der Waals surface area contributed by atoms with Gasteiger partial charge >= 0.3 is 11.9 Å². The number of amides is 2. The standard InChI is InChI=1S/C30H40N2O10/c1-28-11-9-17(33)13-16(28)3-4-18-19-10-12-30(41,29(19,2)14-21(34)26(18)28)22(35)15-42-25(38)8-7-24(37)32-20(27(39)40)5-6-23(31)36/h13,18-20,26,41H,3-12,14-15H2,1-2H3,(H2,31,36)(H,32,37)(H,39,40)/t18-,19+,20-,26+,28+,29+,30+/m1/s1. The van der Waals surface area contributed by atoms with Gasteiger partial charge in [0.25, 0.3) is 0 Å². The number of carboxylic acid groups (broad SMARTS) is 1. The zero-order valence-corrected chi connectivity index (χ0v) is 24.1. The van der Waals surface area contributed by atoms with E-state index in [0.717, 1.165) is 5.57 Å². The van der Waals surface area contributed by atoms with E-state index in [1.54, 1.807) is 13.0 Å². The van der Waals surface area contributed by atoms with Crippen LogP contribution in [0.25, 0.3) is 0 Å². The van der Waals surface area contributed by atoms with Crippen LogP contribution in [-0.4, -0.2) is 69.6 Å². The van der Waals surface area contributed by atoms with Gasteiger partial charge in [0, 0.05) is 37.0 Å². The van der Waals surface area contributed by atoms with Crippen molar-refractivity contribution in [3.8, 4) is 0 Å². The maximum Gasteiger partial charge on any atom is 0.326 e. The number of esters is 1. The number of carbonyl (C=O) groups is 7. The summed E-state index contributed by atoms with van der Waals surface area (Å²) < 4.78 is 5.09. The molecule has 0 aromatic carbocycles. The molecule has 0 spiro atoms. The quantitative estimate of drug-likeness (QED) is 0.253. The molecule has 2 amide bonds. The Hall–Kier alpha value is -3.41. The minimum absolute atomic E-state index is 0.00664. The molecule has 3 fully saturated rings. The average Bonchev–Trinajstić information content (AvgIpc) is 3.19. The van der Waals surface area contributed by atoms with Crippen molar-refractivity contribution in [2.24, 2.45) is 34.3 Å². The number of aliphatic carboxylic acids is 1. The first-order chi connectivity index (χ1) is 19.6. The van der Waals surface area contributed by atoms with Gasteiger partial charge in [0.15, 0.2) is 12.4 Å². The van der Waals surface area contributed by atoms with E-state index in [4.69, 9.17) is 10.5 Å². The van der Waals surface area contributed by atoms with Gasteiger partial charge in [-0.3, -0.25) is 28.8 Å². The predicted molar refractivity (Wildman–Crippen MR) is 145 cm³/mol. The van der Waals surface area contributed by atoms with Crippen LogP contribution in [0, 0.1) is 28.6 Å². The average molecular weight is 589 g/mol. The Balaban J connectivity index is 1.35. The Labute approximate surface area is 243 Å². The number of rotatable bonds is 11. The lowest BCUT2D eigenvalue weighted by Crippen LogP contribution is -2.61. The highest BCUT2D eigenvalue weighted by Gasteiger charge is 2.68. The Morgan fingerprint density at radius 3 is 2.45 bits per heavy atom. The third-order valence-corrected chi connectivity index (χ3v) is 10.5. The van der Waals surface area contributed by atoms with Crippen molar-refractivity contribution in [1.29, 1.82) is 0 Å². The number of ketones is 3. The number of carbonyl (C=O) groups excluding carboxylic acids is 6. The molecule has 5 N–H and O–H groups in total. The molecule has 0 aromatic rings. The van der Waals surface area contributed by atoms with Crippen LogP contribution in [0.15, 0.2) is 11.6 Å². The Kier molecular flexibility index (Phi) is 8.78. The Bertz CT molecular complexity index is 1240. The van der Waals surface area contributed by atoms with E-state index in [2.05, 4.69) is 12.2 Å². The van der Waals surface area contributed by atoms with Crippen LogP contribution in [0.2, 0.25) is 0 Å². The molecule has 7 atom stereocenters. The van der Waals surface area contributed by atoms with E-state index in [1.165, 1.54) is 0 Å². The summed E-state index contributed by atoms with van der Waals surface area (Å²) in [6, 6.07) is -1.35. The fraction of sp³-hybridized carbons (Fsp3) is 0.700. The number of aliphatic hydroxyl groups is 1. The van der Waals surface area contributed by atoms with Crippen LogP contribution in [0.4, 0.5) is 0 Å². The Morgan fingerprint density at radius 2 is 1.79 bits per heavy atom. The van der Waals surface area contributed by atoms with Crippen molar-refractivity contribution in [1.82, 2.24) is 5.32 Å². The van der Waals surface area contributed by atoms with Crippen molar-refractivity contribution >= 4 is 41.1 Å². The van der Waals surface area contributed by atoms with Gasteiger partial charge in [0.05, 0.1) is 6.42 Å².